The van der Waals surface area contributed by atoms with Gasteiger partial charge < -0.3 is 15.3 Å². The van der Waals surface area contributed by atoms with Crippen molar-refractivity contribution in [3.63, 3.8) is 0 Å². The molecule has 0 aromatic heterocycles. The summed E-state index contributed by atoms with van der Waals surface area (Å²) in [5, 5.41) is 12.4. The van der Waals surface area contributed by atoms with Crippen molar-refractivity contribution in [1.29, 1.82) is 0 Å². The van der Waals surface area contributed by atoms with Gasteiger partial charge in [-0.05, 0) is 37.4 Å². The lowest BCUT2D eigenvalue weighted by molar-refractivity contribution is 0.0636. The summed E-state index contributed by atoms with van der Waals surface area (Å²) in [6.07, 6.45) is 0.792. The van der Waals surface area contributed by atoms with Crippen molar-refractivity contribution >= 4 is 5.91 Å². The third-order valence-electron chi connectivity index (χ3n) is 4.36. The zero-order chi connectivity index (χ0) is 15.1. The number of carbonyl (C=O) groups excluding carboxylic acids is 1. The number of aromatic hydroxyl groups is 1. The molecule has 0 saturated carbocycles. The number of phenols is 1. The first-order valence-electron chi connectivity index (χ1n) is 6.85. The Hall–Kier alpha value is -1.76. The van der Waals surface area contributed by atoms with Gasteiger partial charge in [-0.2, -0.15) is 4.39 Å². The van der Waals surface area contributed by atoms with Crippen LogP contribution in [0, 0.1) is 29.3 Å². The fourth-order valence-electron chi connectivity index (χ4n) is 3.14. The van der Waals surface area contributed by atoms with Gasteiger partial charge in [0.1, 0.15) is 0 Å². The zero-order valence-corrected chi connectivity index (χ0v) is 11.2. The van der Waals surface area contributed by atoms with Crippen LogP contribution in [0.25, 0.3) is 0 Å². The second-order valence-electron chi connectivity index (χ2n) is 5.60. The molecule has 4 nitrogen and oxygen atoms in total. The SMILES string of the molecule is O=C(c1cc(F)c(F)c(O)c1F)N1CCC2CNCC2C1. The third-order valence-corrected chi connectivity index (χ3v) is 4.36. The van der Waals surface area contributed by atoms with E-state index in [2.05, 4.69) is 5.32 Å². The van der Waals surface area contributed by atoms with E-state index in [1.807, 2.05) is 0 Å². The van der Waals surface area contributed by atoms with Gasteiger partial charge in [-0.25, -0.2) is 8.78 Å². The summed E-state index contributed by atoms with van der Waals surface area (Å²) in [5.74, 6) is -5.90. The number of nitrogens with one attached hydrogen (secondary N) is 1. The summed E-state index contributed by atoms with van der Waals surface area (Å²) in [5.41, 5.74) is -0.629. The molecule has 2 N–H and O–H groups in total. The molecule has 0 bridgehead atoms. The minimum atomic E-state index is -1.68. The number of nitrogens with zero attached hydrogens (tertiary/aromatic N) is 1. The number of benzene rings is 1. The Labute approximate surface area is 119 Å². The maximum absolute atomic E-state index is 13.8. The quantitative estimate of drug-likeness (QED) is 0.773. The van der Waals surface area contributed by atoms with E-state index in [0.29, 0.717) is 31.0 Å². The number of hydrogen-bond acceptors (Lipinski definition) is 3. The molecule has 2 heterocycles. The summed E-state index contributed by atoms with van der Waals surface area (Å²) in [4.78, 5) is 13.7. The van der Waals surface area contributed by atoms with Gasteiger partial charge in [0, 0.05) is 13.1 Å². The molecule has 0 radical (unpaired) electrons. The molecular formula is C14H15F3N2O2. The average Bonchev–Trinajstić information content (AvgIpc) is 2.95. The van der Waals surface area contributed by atoms with Crippen LogP contribution in [0.5, 0.6) is 5.75 Å². The normalized spacial score (nSPS) is 25.0. The Balaban J connectivity index is 1.85. The molecular weight excluding hydrogens is 285 g/mol. The predicted octanol–water partition coefficient (Wildman–Crippen LogP) is 1.49. The molecule has 114 valence electrons. The zero-order valence-electron chi connectivity index (χ0n) is 11.2. The van der Waals surface area contributed by atoms with E-state index in [1.165, 1.54) is 4.90 Å². The number of amides is 1. The van der Waals surface area contributed by atoms with Gasteiger partial charge in [0.2, 0.25) is 5.82 Å². The van der Waals surface area contributed by atoms with Crippen molar-refractivity contribution in [1.82, 2.24) is 10.2 Å². The van der Waals surface area contributed by atoms with Crippen LogP contribution >= 0.6 is 0 Å². The molecule has 0 spiro atoms. The van der Waals surface area contributed by atoms with Crippen molar-refractivity contribution in [2.24, 2.45) is 11.8 Å². The highest BCUT2D eigenvalue weighted by atomic mass is 19.2. The summed E-state index contributed by atoms with van der Waals surface area (Å²) in [6, 6.07) is 0.506. The molecule has 7 heteroatoms. The maximum Gasteiger partial charge on any atom is 0.257 e. The number of halogens is 3. The van der Waals surface area contributed by atoms with Crippen LogP contribution in [0.3, 0.4) is 0 Å². The molecule has 2 saturated heterocycles. The first-order valence-corrected chi connectivity index (χ1v) is 6.85. The van der Waals surface area contributed by atoms with Crippen molar-refractivity contribution in [3.05, 3.63) is 29.1 Å². The summed E-state index contributed by atoms with van der Waals surface area (Å²) in [7, 11) is 0. The molecule has 2 unspecified atom stereocenters. The highest BCUT2D eigenvalue weighted by molar-refractivity contribution is 5.95. The molecule has 1 aromatic carbocycles. The maximum atomic E-state index is 13.8. The molecule has 3 rings (SSSR count). The summed E-state index contributed by atoms with van der Waals surface area (Å²) in [6.45, 7) is 2.60. The van der Waals surface area contributed by atoms with Gasteiger partial charge in [-0.15, -0.1) is 0 Å². The van der Waals surface area contributed by atoms with E-state index in [1.54, 1.807) is 0 Å². The first kappa shape index (κ1) is 14.2. The average molecular weight is 300 g/mol. The van der Waals surface area contributed by atoms with Gasteiger partial charge in [-0.1, -0.05) is 0 Å². The Morgan fingerprint density at radius 2 is 1.95 bits per heavy atom. The van der Waals surface area contributed by atoms with Crippen molar-refractivity contribution in [3.8, 4) is 5.75 Å². The molecule has 2 aliphatic heterocycles. The molecule has 2 aliphatic rings. The number of carbonyl (C=O) groups is 1. The minimum Gasteiger partial charge on any atom is -0.503 e. The Morgan fingerprint density at radius 1 is 1.24 bits per heavy atom. The summed E-state index contributed by atoms with van der Waals surface area (Å²) < 4.78 is 40.1. The van der Waals surface area contributed by atoms with Crippen LogP contribution in [-0.2, 0) is 0 Å². The molecule has 0 aliphatic carbocycles. The van der Waals surface area contributed by atoms with Gasteiger partial charge >= 0.3 is 0 Å². The Bertz CT molecular complexity index is 594. The second kappa shape index (κ2) is 5.22. The molecule has 21 heavy (non-hydrogen) atoms. The van der Waals surface area contributed by atoms with Gasteiger partial charge in [0.25, 0.3) is 5.91 Å². The van der Waals surface area contributed by atoms with Crippen molar-refractivity contribution < 1.29 is 23.1 Å². The van der Waals surface area contributed by atoms with Gasteiger partial charge in [-0.3, -0.25) is 4.79 Å². The van der Waals surface area contributed by atoms with E-state index in [9.17, 15) is 23.1 Å². The third kappa shape index (κ3) is 2.35. The number of likely N-dealkylation sites (tertiary alicyclic amines) is 1. The number of piperidine rings is 1. The van der Waals surface area contributed by atoms with Crippen LogP contribution in [0.1, 0.15) is 16.8 Å². The molecule has 2 fully saturated rings. The van der Waals surface area contributed by atoms with Crippen molar-refractivity contribution in [2.45, 2.75) is 6.42 Å². The number of hydrogen-bond donors (Lipinski definition) is 2. The topological polar surface area (TPSA) is 52.6 Å². The fourth-order valence-corrected chi connectivity index (χ4v) is 3.14. The molecule has 2 atom stereocenters. The number of fused-ring (bicyclic) bond motifs is 1. The highest BCUT2D eigenvalue weighted by Gasteiger charge is 2.36. The van der Waals surface area contributed by atoms with E-state index >= 15 is 0 Å². The van der Waals surface area contributed by atoms with E-state index < -0.39 is 34.7 Å². The fraction of sp³-hybridized carbons (Fsp3) is 0.500. The Kier molecular flexibility index (Phi) is 3.52. The molecule has 1 amide bonds. The smallest absolute Gasteiger partial charge is 0.257 e. The summed E-state index contributed by atoms with van der Waals surface area (Å²) >= 11 is 0. The number of phenolic OH excluding ortho intramolecular Hbond substituents is 1. The monoisotopic (exact) mass is 300 g/mol. The van der Waals surface area contributed by atoms with Crippen LogP contribution in [-0.4, -0.2) is 42.1 Å². The minimum absolute atomic E-state index is 0.296. The van der Waals surface area contributed by atoms with Gasteiger partial charge in [0.15, 0.2) is 17.4 Å². The lowest BCUT2D eigenvalue weighted by atomic mass is 9.88. The van der Waals surface area contributed by atoms with E-state index in [0.717, 1.165) is 19.5 Å². The van der Waals surface area contributed by atoms with Crippen LogP contribution in [0.2, 0.25) is 0 Å². The largest absolute Gasteiger partial charge is 0.503 e. The van der Waals surface area contributed by atoms with Crippen LogP contribution in [0.15, 0.2) is 6.07 Å². The Morgan fingerprint density at radius 3 is 2.71 bits per heavy atom. The molecule has 1 aromatic rings. The standard InChI is InChI=1S/C14H15F3N2O2/c15-10-3-9(11(16)13(20)12(10)17)14(21)19-2-1-7-4-18-5-8(7)6-19/h3,7-8,18,20H,1-2,4-6H2. The number of rotatable bonds is 1. The van der Waals surface area contributed by atoms with Gasteiger partial charge in [0.05, 0.1) is 5.56 Å². The van der Waals surface area contributed by atoms with E-state index in [4.69, 9.17) is 0 Å². The lowest BCUT2D eigenvalue weighted by Crippen LogP contribution is -2.43. The van der Waals surface area contributed by atoms with Crippen molar-refractivity contribution in [2.75, 3.05) is 26.2 Å². The van der Waals surface area contributed by atoms with E-state index in [-0.39, 0.29) is 0 Å². The highest BCUT2D eigenvalue weighted by Crippen LogP contribution is 2.30. The van der Waals surface area contributed by atoms with Crippen LogP contribution in [0.4, 0.5) is 13.2 Å². The first-order chi connectivity index (χ1) is 9.99. The van der Waals surface area contributed by atoms with Crippen LogP contribution < -0.4 is 5.32 Å². The predicted molar refractivity (Wildman–Crippen MR) is 68.4 cm³/mol. The lowest BCUT2D eigenvalue weighted by Gasteiger charge is -2.34. The second-order valence-corrected chi connectivity index (χ2v) is 5.60.